The van der Waals surface area contributed by atoms with Gasteiger partial charge in [-0.1, -0.05) is 6.92 Å². The average molecular weight is 215 g/mol. The van der Waals surface area contributed by atoms with Crippen molar-refractivity contribution < 1.29 is 9.47 Å². The Hall–Kier alpha value is 0.500. The highest BCUT2D eigenvalue weighted by Gasteiger charge is 2.25. The van der Waals surface area contributed by atoms with Gasteiger partial charge in [-0.2, -0.15) is 0 Å². The third-order valence-electron chi connectivity index (χ3n) is 1.62. The lowest BCUT2D eigenvalue weighted by Gasteiger charge is -2.23. The van der Waals surface area contributed by atoms with Crippen molar-refractivity contribution >= 4 is 23.2 Å². The summed E-state index contributed by atoms with van der Waals surface area (Å²) in [5.74, 6) is 0.504. The Bertz CT molecular complexity index is 111. The van der Waals surface area contributed by atoms with E-state index in [1.807, 2.05) is 6.92 Å². The predicted octanol–water partition coefficient (Wildman–Crippen LogP) is 2.28. The van der Waals surface area contributed by atoms with Crippen molar-refractivity contribution in [3.05, 3.63) is 0 Å². The molecule has 0 aromatic heterocycles. The van der Waals surface area contributed by atoms with E-state index in [1.165, 1.54) is 0 Å². The van der Waals surface area contributed by atoms with Crippen LogP contribution in [0.4, 0.5) is 0 Å². The van der Waals surface area contributed by atoms with Gasteiger partial charge in [-0.05, 0) is 6.42 Å². The molecule has 0 aliphatic heterocycles. The molecule has 0 aliphatic carbocycles. The molecule has 0 aromatic rings. The maximum absolute atomic E-state index is 6.17. The summed E-state index contributed by atoms with van der Waals surface area (Å²) in [6.07, 6.45) is 0.824. The number of rotatable bonds is 7. The zero-order valence-corrected chi connectivity index (χ0v) is 9.12. The second-order valence-corrected chi connectivity index (χ2v) is 3.86. The maximum Gasteiger partial charge on any atom is 0.0908 e. The fourth-order valence-electron chi connectivity index (χ4n) is 0.814. The number of alkyl halides is 2. The first-order chi connectivity index (χ1) is 5.68. The molecule has 0 rings (SSSR count). The number of ether oxygens (including phenoxy) is 2. The predicted molar refractivity (Wildman–Crippen MR) is 52.3 cm³/mol. The van der Waals surface area contributed by atoms with Crippen LogP contribution in [0.25, 0.3) is 0 Å². The zero-order valence-electron chi connectivity index (χ0n) is 7.61. The Morgan fingerprint density at radius 1 is 1.33 bits per heavy atom. The van der Waals surface area contributed by atoms with Crippen molar-refractivity contribution in [2.24, 2.45) is 0 Å². The lowest BCUT2D eigenvalue weighted by atomic mass is 10.1. The smallest absolute Gasteiger partial charge is 0.0908 e. The highest BCUT2D eigenvalue weighted by Crippen LogP contribution is 2.20. The zero-order chi connectivity index (χ0) is 9.45. The van der Waals surface area contributed by atoms with Gasteiger partial charge in [-0.25, -0.2) is 0 Å². The fourth-order valence-corrected chi connectivity index (χ4v) is 1.11. The van der Waals surface area contributed by atoms with Gasteiger partial charge in [0.2, 0.25) is 0 Å². The quantitative estimate of drug-likeness (QED) is 0.479. The van der Waals surface area contributed by atoms with Gasteiger partial charge in [0.1, 0.15) is 0 Å². The maximum atomic E-state index is 6.17. The Morgan fingerprint density at radius 2 is 2.00 bits per heavy atom. The summed E-state index contributed by atoms with van der Waals surface area (Å²) in [4.78, 5) is -0.388. The van der Waals surface area contributed by atoms with Crippen LogP contribution in [-0.4, -0.2) is 37.7 Å². The van der Waals surface area contributed by atoms with E-state index in [4.69, 9.17) is 32.7 Å². The van der Waals surface area contributed by atoms with E-state index in [2.05, 4.69) is 0 Å². The lowest BCUT2D eigenvalue weighted by molar-refractivity contribution is 0.0763. The summed E-state index contributed by atoms with van der Waals surface area (Å²) in [5.41, 5.74) is 0. The molecule has 0 heterocycles. The van der Waals surface area contributed by atoms with Crippen LogP contribution in [0, 0.1) is 0 Å². The first-order valence-corrected chi connectivity index (χ1v) is 4.91. The van der Waals surface area contributed by atoms with E-state index in [0.29, 0.717) is 25.7 Å². The normalized spacial score (nSPS) is 16.0. The number of methoxy groups -OCH3 is 1. The number of hydrogen-bond acceptors (Lipinski definition) is 2. The molecule has 12 heavy (non-hydrogen) atoms. The molecule has 0 fully saturated rings. The molecule has 0 N–H and O–H groups in total. The van der Waals surface area contributed by atoms with Crippen LogP contribution in [0.3, 0.4) is 0 Å². The molecule has 0 aromatic carbocycles. The van der Waals surface area contributed by atoms with Gasteiger partial charge in [0, 0.05) is 13.0 Å². The third kappa shape index (κ3) is 5.20. The van der Waals surface area contributed by atoms with Crippen LogP contribution in [0.5, 0.6) is 0 Å². The van der Waals surface area contributed by atoms with Crippen molar-refractivity contribution in [1.29, 1.82) is 0 Å². The molecule has 0 saturated heterocycles. The minimum Gasteiger partial charge on any atom is -0.383 e. The monoisotopic (exact) mass is 214 g/mol. The molecule has 0 amide bonds. The summed E-state index contributed by atoms with van der Waals surface area (Å²) in [6, 6.07) is 0. The minimum atomic E-state index is -0.388. The van der Waals surface area contributed by atoms with Gasteiger partial charge < -0.3 is 9.47 Å². The van der Waals surface area contributed by atoms with Gasteiger partial charge in [0.25, 0.3) is 0 Å². The van der Waals surface area contributed by atoms with E-state index in [1.54, 1.807) is 7.11 Å². The third-order valence-corrected chi connectivity index (χ3v) is 2.26. The van der Waals surface area contributed by atoms with Crippen LogP contribution in [0.1, 0.15) is 13.3 Å². The van der Waals surface area contributed by atoms with Crippen molar-refractivity contribution in [3.8, 4) is 0 Å². The molecule has 0 saturated carbocycles. The molecule has 1 unspecified atom stereocenters. The van der Waals surface area contributed by atoms with Crippen molar-refractivity contribution in [2.45, 2.75) is 18.2 Å². The molecular weight excluding hydrogens is 199 g/mol. The molecule has 0 aliphatic rings. The first kappa shape index (κ1) is 12.5. The second kappa shape index (κ2) is 6.96. The fraction of sp³-hybridized carbons (Fsp3) is 1.00. The van der Waals surface area contributed by atoms with E-state index >= 15 is 0 Å². The molecule has 4 heteroatoms. The van der Waals surface area contributed by atoms with Crippen LogP contribution >= 0.6 is 23.2 Å². The first-order valence-electron chi connectivity index (χ1n) is 4.00. The van der Waals surface area contributed by atoms with E-state index in [0.717, 1.165) is 6.42 Å². The topological polar surface area (TPSA) is 18.5 Å². The summed E-state index contributed by atoms with van der Waals surface area (Å²) in [7, 11) is 1.63. The SMILES string of the molecule is CCC(Cl)(COC)COCCCl. The van der Waals surface area contributed by atoms with Gasteiger partial charge in [0.15, 0.2) is 0 Å². The van der Waals surface area contributed by atoms with Crippen LogP contribution in [-0.2, 0) is 9.47 Å². The summed E-state index contributed by atoms with van der Waals surface area (Å²) >= 11 is 11.6. The van der Waals surface area contributed by atoms with Crippen LogP contribution in [0.2, 0.25) is 0 Å². The standard InChI is InChI=1S/C8H16Cl2O2/c1-3-8(10,6-11-2)7-12-5-4-9/h3-7H2,1-2H3. The van der Waals surface area contributed by atoms with Gasteiger partial charge >= 0.3 is 0 Å². The van der Waals surface area contributed by atoms with E-state index in [-0.39, 0.29) is 4.87 Å². The van der Waals surface area contributed by atoms with E-state index < -0.39 is 0 Å². The van der Waals surface area contributed by atoms with Crippen molar-refractivity contribution in [1.82, 2.24) is 0 Å². The van der Waals surface area contributed by atoms with Gasteiger partial charge in [-0.3, -0.25) is 0 Å². The molecule has 1 atom stereocenters. The van der Waals surface area contributed by atoms with Crippen molar-refractivity contribution in [3.63, 3.8) is 0 Å². The molecule has 0 radical (unpaired) electrons. The van der Waals surface area contributed by atoms with Gasteiger partial charge in [0.05, 0.1) is 24.7 Å². The summed E-state index contributed by atoms with van der Waals surface area (Å²) in [6.45, 7) is 3.55. The number of hydrogen-bond donors (Lipinski definition) is 0. The Labute approximate surface area is 84.1 Å². The minimum absolute atomic E-state index is 0.388. The Kier molecular flexibility index (Phi) is 7.25. The molecule has 2 nitrogen and oxygen atoms in total. The Morgan fingerprint density at radius 3 is 2.42 bits per heavy atom. The largest absolute Gasteiger partial charge is 0.383 e. The second-order valence-electron chi connectivity index (χ2n) is 2.68. The number of halogens is 2. The molecule has 0 bridgehead atoms. The van der Waals surface area contributed by atoms with Gasteiger partial charge in [-0.15, -0.1) is 23.2 Å². The van der Waals surface area contributed by atoms with Crippen LogP contribution in [0.15, 0.2) is 0 Å². The van der Waals surface area contributed by atoms with Crippen molar-refractivity contribution in [2.75, 3.05) is 32.8 Å². The van der Waals surface area contributed by atoms with Crippen LogP contribution < -0.4 is 0 Å². The average Bonchev–Trinajstić information content (AvgIpc) is 2.06. The van der Waals surface area contributed by atoms with E-state index in [9.17, 15) is 0 Å². The molecule has 0 spiro atoms. The Balaban J connectivity index is 3.63. The highest BCUT2D eigenvalue weighted by atomic mass is 35.5. The molecular formula is C8H16Cl2O2. The lowest BCUT2D eigenvalue weighted by Crippen LogP contribution is -2.32. The molecule has 74 valence electrons. The summed E-state index contributed by atoms with van der Waals surface area (Å²) in [5, 5.41) is 0. The highest BCUT2D eigenvalue weighted by molar-refractivity contribution is 6.24. The summed E-state index contributed by atoms with van der Waals surface area (Å²) < 4.78 is 10.2.